The number of unbranched alkanes of at least 4 members (excludes halogenated alkanes) is 14. The van der Waals surface area contributed by atoms with Gasteiger partial charge in [-0.05, 0) is 12.5 Å². The predicted molar refractivity (Wildman–Crippen MR) is 107 cm³/mol. The molecule has 0 N–H and O–H groups in total. The van der Waals surface area contributed by atoms with E-state index in [2.05, 4.69) is 15.9 Å². The highest BCUT2D eigenvalue weighted by atomic mass is 79.9. The monoisotopic (exact) mass is 416 g/mol. The van der Waals surface area contributed by atoms with Crippen LogP contribution in [0.1, 0.15) is 96.3 Å². The Morgan fingerprint density at radius 1 is 0.476 bits per heavy atom. The third-order valence-corrected chi connectivity index (χ3v) is 6.77. The van der Waals surface area contributed by atoms with E-state index in [1.807, 2.05) is 0 Å². The largest absolute Gasteiger partial charge is 0.237 e. The third-order valence-electron chi connectivity index (χ3n) is 4.06. The van der Waals surface area contributed by atoms with Gasteiger partial charge < -0.3 is 0 Å². The summed E-state index contributed by atoms with van der Waals surface area (Å²) in [7, 11) is -1.32. The van der Waals surface area contributed by atoms with Crippen LogP contribution >= 0.6 is 38.1 Å². The van der Waals surface area contributed by atoms with Crippen LogP contribution in [0.5, 0.6) is 0 Å². The first kappa shape index (κ1) is 22.3. The van der Waals surface area contributed by atoms with Crippen molar-refractivity contribution in [1.29, 1.82) is 0 Å². The number of alkyl halides is 1. The first-order valence-corrected chi connectivity index (χ1v) is 14.5. The minimum atomic E-state index is -1.32. The van der Waals surface area contributed by atoms with Gasteiger partial charge in [0.2, 0.25) is 7.42 Å². The minimum absolute atomic E-state index is 1.10. The van der Waals surface area contributed by atoms with Crippen LogP contribution in [0.3, 0.4) is 0 Å². The van der Waals surface area contributed by atoms with Gasteiger partial charge >= 0.3 is 0 Å². The van der Waals surface area contributed by atoms with Crippen LogP contribution < -0.4 is 0 Å². The van der Waals surface area contributed by atoms with Gasteiger partial charge in [0, 0.05) is 5.33 Å². The molecule has 0 aliphatic heterocycles. The molecule has 128 valence electrons. The van der Waals surface area contributed by atoms with E-state index in [1.54, 1.807) is 0 Å². The van der Waals surface area contributed by atoms with Crippen LogP contribution in [0.15, 0.2) is 0 Å². The van der Waals surface area contributed by atoms with Gasteiger partial charge in [-0.25, -0.2) is 0 Å². The molecule has 0 heterocycles. The van der Waals surface area contributed by atoms with Crippen molar-refractivity contribution in [3.63, 3.8) is 0 Å². The lowest BCUT2D eigenvalue weighted by Gasteiger charge is -2.03. The van der Waals surface area contributed by atoms with Gasteiger partial charge in [0.05, 0.1) is 0 Å². The molecule has 0 aromatic carbocycles. The summed E-state index contributed by atoms with van der Waals surface area (Å²) in [6, 6.07) is 1.10. The molecule has 0 saturated heterocycles. The first-order chi connectivity index (χ1) is 10.3. The Labute approximate surface area is 152 Å². The maximum Gasteiger partial charge on any atom is 0.237 e. The van der Waals surface area contributed by atoms with Gasteiger partial charge in [-0.15, -0.1) is 0 Å². The van der Waals surface area contributed by atoms with Crippen molar-refractivity contribution in [2.75, 3.05) is 5.33 Å². The molecule has 0 fully saturated rings. The smallest absolute Gasteiger partial charge is 0.150 e. The molecule has 0 saturated carbocycles. The molecule has 0 aliphatic rings. The number of halogens is 3. The molecular formula is C17H35BrCl2Si. The van der Waals surface area contributed by atoms with E-state index >= 15 is 0 Å². The van der Waals surface area contributed by atoms with Gasteiger partial charge in [0.25, 0.3) is 0 Å². The SMILES string of the molecule is Cl[SiH](Cl)CCCCCCCCCCCCCCCCCBr. The third kappa shape index (κ3) is 21.3. The van der Waals surface area contributed by atoms with E-state index in [0.717, 1.165) is 6.04 Å². The van der Waals surface area contributed by atoms with E-state index in [-0.39, 0.29) is 0 Å². The average molecular weight is 418 g/mol. The molecule has 0 amide bonds. The van der Waals surface area contributed by atoms with Crippen LogP contribution in [0.25, 0.3) is 0 Å². The fraction of sp³-hybridized carbons (Fsp3) is 1.00. The highest BCUT2D eigenvalue weighted by Gasteiger charge is 2.00. The maximum absolute atomic E-state index is 5.85. The molecule has 0 aromatic rings. The summed E-state index contributed by atoms with van der Waals surface area (Å²) >= 11 is 15.2. The molecule has 0 nitrogen and oxygen atoms in total. The van der Waals surface area contributed by atoms with Gasteiger partial charge in [-0.1, -0.05) is 106 Å². The number of hydrogen-bond donors (Lipinski definition) is 0. The van der Waals surface area contributed by atoms with Gasteiger partial charge in [0.15, 0.2) is 0 Å². The lowest BCUT2D eigenvalue weighted by molar-refractivity contribution is 0.535. The molecule has 0 rings (SSSR count). The normalized spacial score (nSPS) is 11.4. The van der Waals surface area contributed by atoms with Crippen LogP contribution in [-0.4, -0.2) is 12.7 Å². The van der Waals surface area contributed by atoms with E-state index in [0.29, 0.717) is 0 Å². The molecule has 4 heteroatoms. The Bertz CT molecular complexity index is 192. The van der Waals surface area contributed by atoms with Crippen molar-refractivity contribution in [3.05, 3.63) is 0 Å². The Hall–Kier alpha value is 1.28. The van der Waals surface area contributed by atoms with Crippen LogP contribution in [-0.2, 0) is 0 Å². The van der Waals surface area contributed by atoms with Crippen molar-refractivity contribution in [3.8, 4) is 0 Å². The molecular weight excluding hydrogens is 383 g/mol. The summed E-state index contributed by atoms with van der Waals surface area (Å²) in [5, 5.41) is 1.18. The average Bonchev–Trinajstić information content (AvgIpc) is 2.46. The summed E-state index contributed by atoms with van der Waals surface area (Å²) in [6.45, 7) is 0. The highest BCUT2D eigenvalue weighted by Crippen LogP contribution is 2.15. The molecule has 21 heavy (non-hydrogen) atoms. The second-order valence-electron chi connectivity index (χ2n) is 6.17. The van der Waals surface area contributed by atoms with E-state index in [1.165, 1.54) is 102 Å². The summed E-state index contributed by atoms with van der Waals surface area (Å²) < 4.78 is 0. The zero-order valence-electron chi connectivity index (χ0n) is 13.7. The zero-order valence-corrected chi connectivity index (χ0v) is 18.0. The Morgan fingerprint density at radius 2 is 0.762 bits per heavy atom. The summed E-state index contributed by atoms with van der Waals surface area (Å²) in [4.78, 5) is 0. The molecule has 0 aliphatic carbocycles. The molecule has 0 atom stereocenters. The Balaban J connectivity index is 2.93. The van der Waals surface area contributed by atoms with Crippen molar-refractivity contribution in [1.82, 2.24) is 0 Å². The Morgan fingerprint density at radius 3 is 1.05 bits per heavy atom. The highest BCUT2D eigenvalue weighted by molar-refractivity contribution is 9.09. The van der Waals surface area contributed by atoms with Gasteiger partial charge in [0.1, 0.15) is 0 Å². The van der Waals surface area contributed by atoms with Crippen LogP contribution in [0.2, 0.25) is 6.04 Å². The second-order valence-corrected chi connectivity index (χ2v) is 12.2. The van der Waals surface area contributed by atoms with Gasteiger partial charge in [-0.2, -0.15) is 22.2 Å². The lowest BCUT2D eigenvalue weighted by atomic mass is 10.0. The molecule has 0 bridgehead atoms. The van der Waals surface area contributed by atoms with E-state index in [9.17, 15) is 0 Å². The molecule has 0 spiro atoms. The standard InChI is InChI=1S/C17H35BrCl2Si/c18-16-14-12-10-8-6-4-2-1-3-5-7-9-11-13-15-17-21(19)20/h21H,1-17H2. The predicted octanol–water partition coefficient (Wildman–Crippen LogP) is 7.93. The fourth-order valence-electron chi connectivity index (χ4n) is 2.69. The van der Waals surface area contributed by atoms with Crippen molar-refractivity contribution < 1.29 is 0 Å². The fourth-order valence-corrected chi connectivity index (χ4v) is 4.61. The van der Waals surface area contributed by atoms with Gasteiger partial charge in [-0.3, -0.25) is 0 Å². The quantitative estimate of drug-likeness (QED) is 0.0974. The molecule has 0 radical (unpaired) electrons. The zero-order chi connectivity index (χ0) is 15.6. The maximum atomic E-state index is 5.85. The molecule has 0 aromatic heterocycles. The second kappa shape index (κ2) is 19.3. The Kier molecular flexibility index (Phi) is 20.5. The van der Waals surface area contributed by atoms with Crippen molar-refractivity contribution >= 4 is 45.5 Å². The van der Waals surface area contributed by atoms with E-state index in [4.69, 9.17) is 22.2 Å². The number of rotatable bonds is 17. The van der Waals surface area contributed by atoms with Crippen molar-refractivity contribution in [2.24, 2.45) is 0 Å². The molecule has 0 unspecified atom stereocenters. The van der Waals surface area contributed by atoms with Crippen LogP contribution in [0.4, 0.5) is 0 Å². The van der Waals surface area contributed by atoms with E-state index < -0.39 is 7.42 Å². The number of hydrogen-bond acceptors (Lipinski definition) is 0. The minimum Gasteiger partial charge on any atom is -0.150 e. The summed E-state index contributed by atoms with van der Waals surface area (Å²) in [6.07, 6.45) is 21.1. The lowest BCUT2D eigenvalue weighted by Crippen LogP contribution is -1.91. The summed E-state index contributed by atoms with van der Waals surface area (Å²) in [5.41, 5.74) is 0. The summed E-state index contributed by atoms with van der Waals surface area (Å²) in [5.74, 6) is 0. The van der Waals surface area contributed by atoms with Crippen molar-refractivity contribution in [2.45, 2.75) is 102 Å². The van der Waals surface area contributed by atoms with Crippen LogP contribution in [0, 0.1) is 0 Å². The topological polar surface area (TPSA) is 0 Å². The first-order valence-electron chi connectivity index (χ1n) is 9.11.